The van der Waals surface area contributed by atoms with Crippen molar-refractivity contribution < 1.29 is 107 Å². The van der Waals surface area contributed by atoms with Crippen LogP contribution < -0.4 is 33.7 Å². The minimum absolute atomic E-state index is 0. The summed E-state index contributed by atoms with van der Waals surface area (Å²) >= 11 is 24.9. The Morgan fingerprint density at radius 2 is 0.713 bits per heavy atom. The Balaban J connectivity index is 0.000000858. The van der Waals surface area contributed by atoms with Crippen LogP contribution in [-0.2, 0) is 91.2 Å². The van der Waals surface area contributed by atoms with Gasteiger partial charge in [0.25, 0.3) is 0 Å². The van der Waals surface area contributed by atoms with Crippen molar-refractivity contribution in [2.24, 2.45) is 0 Å². The van der Waals surface area contributed by atoms with Crippen LogP contribution in [0.5, 0.6) is 0 Å². The maximum absolute atomic E-state index is 14.1. The second kappa shape index (κ2) is 72.5. The SMILES string of the molecule is CC1(C)OB(B2OC(C)(C)C(C)(C)O2)OC1(C)C.CI.CN1CCN(Cc2cc(F)cc(-c3cncc(N)c3N)c2)CC1.CN1CCN(Cc2cc(F)cc(-c3cncc([N+](=O)[O-])c3N)c2)CC1.CN1CCN(Cc2cc(F)cc(B3OC(C)(C)C(C)(C)O3)c2)CC1.CN1CCN(Cc2cc(F)cc(Br)c2)CC1.CN1CCNCC1.CO.IC(I)I.ICI.Nc1c(Br)cncc1[N+](=O)[O-].O=Cc1cc(F)cc(Br)c1.[CH2-]I.[CH3-].[V].[V]. The average molecular weight is 3150 g/mol. The number of pyridine rings is 3. The van der Waals surface area contributed by atoms with Gasteiger partial charge in [-0.15, -0.1) is 0 Å². The summed E-state index contributed by atoms with van der Waals surface area (Å²) in [5.41, 5.74) is 28.4. The molecule has 31 nitrogen and oxygen atoms in total. The molecule has 16 rings (SSSR count). The first-order chi connectivity index (χ1) is 69.0. The van der Waals surface area contributed by atoms with Crippen LogP contribution >= 0.6 is 206 Å². The van der Waals surface area contributed by atoms with Crippen LogP contribution in [0.25, 0.3) is 22.3 Å². The number of nitrogen functional groups attached to an aromatic ring is 4. The molecule has 51 heteroatoms. The quantitative estimate of drug-likeness (QED) is 0.00811. The molecule has 11 heterocycles. The van der Waals surface area contributed by atoms with E-state index in [9.17, 15) is 47.0 Å². The van der Waals surface area contributed by atoms with E-state index in [1.54, 1.807) is 30.5 Å². The molecule has 2 radical (unpaired) electrons. The van der Waals surface area contributed by atoms with Crippen molar-refractivity contribution in [2.45, 2.75) is 143 Å². The van der Waals surface area contributed by atoms with Crippen molar-refractivity contribution in [1.29, 1.82) is 0 Å². The van der Waals surface area contributed by atoms with Gasteiger partial charge in [-0.1, -0.05) is 173 Å². The fourth-order valence-electron chi connectivity index (χ4n) is 15.0. The standard InChI is InChI=1S/C18H28BFN2O2.C17H20FN5O2.C17H22FN5.C12H24B2O4.C12H16BrFN2.C7H4BrFO.C5H4BrN3O2.C5H12N2.CHI3.CH2I2.CH3I.CH2I.CH4O.CH3.2V/c1-17(2)18(3,4)24-19(23-17)15-10-14(11-16(20)12-15)13-22-8-6-21(5)7-9-22;1-21-2-4-22(5-3-21)11-12-6-13(8-14(18)7-12)15-9-20-10-16(17(15)19)23(24)25;1-22-2-4-23(5-3-22)11-12-6-13(8-14(18)7-12)15-9-21-10-16(19)17(15)20;1-9(2)10(3,4)16-13(15-9)14-17-11(5,6)12(7,8)18-14;1-15-2-4-16(5-3-15)9-10-6-11(13)8-12(14)7-10;8-6-1-5(4-10)2-7(9)3-6;6-3-1-8-2-4(5(3)7)9(10)11;1-7-4-2-6-3-5-7;2-1(3)4;2-1-3;3*1-2;;;/h10-12H,6-9,13H2,1-5H3;6-10H,2-5,11H2,1H3,(H2,19,20);6-10H,2-5,11,19H2,1H3,(H2,20,21);1-8H3;6-8H,2-5,9H2,1H3;1-4H;1-2H,(H2,7,8);6H,2-5H2,1H3;1H;1H2;1H3;1H2;2H,1H3;1H3;;/q;;;;;;;;;;;-1;;-1;;. The summed E-state index contributed by atoms with van der Waals surface area (Å²) in [5.74, 6) is -1.47. The van der Waals surface area contributed by atoms with Gasteiger partial charge in [0.1, 0.15) is 59.1 Å². The van der Waals surface area contributed by atoms with Crippen LogP contribution in [0, 0.1) is 61.7 Å². The number of aliphatic hydroxyl groups excluding tert-OH is 1. The summed E-state index contributed by atoms with van der Waals surface area (Å²) in [6.07, 6.45) is 8.78. The molecule has 0 unspecified atom stereocenters. The Labute approximate surface area is 1030 Å². The number of piperazine rings is 5. The molecule has 0 bridgehead atoms. The predicted molar refractivity (Wildman–Crippen MR) is 664 cm³/mol. The van der Waals surface area contributed by atoms with E-state index in [1.165, 1.54) is 76.6 Å². The molecule has 8 aromatic rings. The molecular weight excluding hydrogens is 3000 g/mol. The Bertz CT molecular complexity index is 5250. The van der Waals surface area contributed by atoms with E-state index < -0.39 is 53.8 Å². The third-order valence-electron chi connectivity index (χ3n) is 25.4. The number of anilines is 4. The number of hydrogen-bond donors (Lipinski definition) is 6. The number of benzene rings is 5. The van der Waals surface area contributed by atoms with E-state index in [0.717, 1.165) is 189 Å². The summed E-state index contributed by atoms with van der Waals surface area (Å²) in [4.78, 5) is 67.8. The van der Waals surface area contributed by atoms with Gasteiger partial charge in [-0.05, 0) is 263 Å². The molecule has 834 valence electrons. The van der Waals surface area contributed by atoms with Crippen LogP contribution in [0.1, 0.15) is 116 Å². The number of nitro groups is 2. The fourth-order valence-corrected chi connectivity index (χ4v) is 16.3. The molecule has 0 aliphatic carbocycles. The van der Waals surface area contributed by atoms with Crippen molar-refractivity contribution in [3.63, 3.8) is 0 Å². The Morgan fingerprint density at radius 1 is 0.433 bits per heavy atom. The molecule has 0 atom stereocenters. The maximum atomic E-state index is 14.1. The largest absolute Gasteiger partial charge is 0.494 e. The number of rotatable bonds is 15. The molecule has 8 aliphatic rings. The first kappa shape index (κ1) is 146. The van der Waals surface area contributed by atoms with E-state index in [2.05, 4.69) is 288 Å². The number of aromatic nitrogens is 3. The van der Waals surface area contributed by atoms with Crippen molar-refractivity contribution in [3.8, 4) is 22.3 Å². The van der Waals surface area contributed by atoms with Gasteiger partial charge in [0.05, 0.1) is 67.9 Å². The van der Waals surface area contributed by atoms with Crippen molar-refractivity contribution >= 4 is 273 Å². The van der Waals surface area contributed by atoms with E-state index in [4.69, 9.17) is 56.0 Å². The molecule has 0 amide bonds. The molecule has 0 saturated carbocycles. The number of hydrogen-bond acceptors (Lipinski definition) is 29. The van der Waals surface area contributed by atoms with Crippen LogP contribution in [0.2, 0.25) is 0 Å². The zero-order valence-electron chi connectivity index (χ0n) is 89.0. The molecule has 10 N–H and O–H groups in total. The fraction of sp³-hybridized carbons (Fsp3) is 0.515. The topological polar surface area (TPSA) is 363 Å². The predicted octanol–water partition coefficient (Wildman–Crippen LogP) is 20.3. The Morgan fingerprint density at radius 3 is 1.03 bits per heavy atom. The Hall–Kier alpha value is -1.90. The maximum Gasteiger partial charge on any atom is 0.494 e. The third kappa shape index (κ3) is 50.4. The molecule has 8 aliphatic heterocycles. The van der Waals surface area contributed by atoms with Gasteiger partial charge >= 0.3 is 32.5 Å². The number of nitrogens with one attached hydrogen (secondary N) is 1. The van der Waals surface area contributed by atoms with E-state index >= 15 is 0 Å². The minimum atomic E-state index is -0.587. The molecule has 150 heavy (non-hydrogen) atoms. The second-order valence-electron chi connectivity index (χ2n) is 38.1. The zero-order valence-corrected chi connectivity index (χ0v) is 112. The normalized spacial score (nSPS) is 18.0. The van der Waals surface area contributed by atoms with Crippen LogP contribution in [0.4, 0.5) is 56.1 Å². The van der Waals surface area contributed by atoms with E-state index in [0.29, 0.717) is 61.0 Å². The van der Waals surface area contributed by atoms with Gasteiger partial charge in [-0.3, -0.25) is 64.5 Å². The van der Waals surface area contributed by atoms with Crippen LogP contribution in [0.3, 0.4) is 0 Å². The van der Waals surface area contributed by atoms with Gasteiger partial charge in [0.15, 0.2) is 0 Å². The zero-order chi connectivity index (χ0) is 111. The number of nitrogens with two attached hydrogens (primary N) is 4. The third-order valence-corrected chi connectivity index (χ3v) is 26.9. The molecule has 0 spiro atoms. The molecule has 5 aromatic carbocycles. The van der Waals surface area contributed by atoms with Gasteiger partial charge in [0.2, 0.25) is 0 Å². The summed E-state index contributed by atoms with van der Waals surface area (Å²) in [5, 5.41) is 31.5. The smallest absolute Gasteiger partial charge is 0.405 e. The van der Waals surface area contributed by atoms with E-state index in [1.807, 2.05) is 135 Å². The Kier molecular flexibility index (Phi) is 70.6. The van der Waals surface area contributed by atoms with Gasteiger partial charge in [-0.25, -0.2) is 22.0 Å². The van der Waals surface area contributed by atoms with Crippen molar-refractivity contribution in [1.82, 2.24) is 64.4 Å². The minimum Gasteiger partial charge on any atom is -0.405 e. The molecule has 8 fully saturated rings. The number of carbonyl (C=O) groups excluding carboxylic acids is 1. The van der Waals surface area contributed by atoms with Crippen molar-refractivity contribution in [3.05, 3.63) is 231 Å². The second-order valence-corrected chi connectivity index (χ2v) is 56.1. The number of alkyl halides is 6. The van der Waals surface area contributed by atoms with Crippen molar-refractivity contribution in [2.75, 3.05) is 204 Å². The average Bonchev–Trinajstić information content (AvgIpc) is 1.59. The number of likely N-dealkylation sites (N-methyl/N-ethyl adjacent to an activating group) is 5. The first-order valence-electron chi connectivity index (χ1n) is 46.9. The number of aldehydes is 1. The molecular formula is C99H145B3Br3F5I7N19O12V2-2. The van der Waals surface area contributed by atoms with Gasteiger partial charge < -0.3 is 116 Å². The van der Waals surface area contributed by atoms with Crippen LogP contribution in [-0.4, -0.2) is 316 Å². The van der Waals surface area contributed by atoms with Gasteiger partial charge in [0, 0.05) is 246 Å². The van der Waals surface area contributed by atoms with Gasteiger partial charge in [-0.2, -0.15) is 0 Å². The number of aliphatic hydroxyl groups is 1. The summed E-state index contributed by atoms with van der Waals surface area (Å²) < 4.78 is 108. The molecule has 8 saturated heterocycles. The van der Waals surface area contributed by atoms with Crippen LogP contribution in [0.15, 0.2) is 142 Å². The van der Waals surface area contributed by atoms with E-state index in [-0.39, 0.29) is 107 Å². The summed E-state index contributed by atoms with van der Waals surface area (Å²) in [6.45, 7) is 48.2. The number of carbonyl (C=O) groups is 1. The summed E-state index contributed by atoms with van der Waals surface area (Å²) in [6, 6.07) is 23.9. The monoisotopic (exact) mass is 3150 g/mol. The summed E-state index contributed by atoms with van der Waals surface area (Å²) in [7, 11) is 10.2. The number of nitrogens with zero attached hydrogens (tertiary/aromatic N) is 14. The first-order valence-corrected chi connectivity index (χ1v) is 59.8. The number of halogens is 15. The molecule has 3 aromatic heterocycles.